The van der Waals surface area contributed by atoms with Crippen LogP contribution in [0.2, 0.25) is 0 Å². The van der Waals surface area contributed by atoms with Gasteiger partial charge in [0, 0.05) is 18.4 Å². The van der Waals surface area contributed by atoms with Crippen molar-refractivity contribution in [3.8, 4) is 0 Å². The van der Waals surface area contributed by atoms with E-state index in [1.807, 2.05) is 0 Å². The molecule has 16 heavy (non-hydrogen) atoms. The quantitative estimate of drug-likeness (QED) is 0.724. The first-order valence-corrected chi connectivity index (χ1v) is 6.62. The van der Waals surface area contributed by atoms with E-state index in [-0.39, 0.29) is 6.61 Å². The highest BCUT2D eigenvalue weighted by atomic mass is 79.9. The first-order chi connectivity index (χ1) is 7.51. The molecule has 96 valence electrons. The third kappa shape index (κ3) is 6.06. The van der Waals surface area contributed by atoms with Crippen molar-refractivity contribution in [2.45, 2.75) is 25.6 Å². The molecule has 2 nitrogen and oxygen atoms in total. The molecular formula is C10H17BrF3NO. The van der Waals surface area contributed by atoms with Crippen LogP contribution in [0.3, 0.4) is 0 Å². The molecule has 6 heteroatoms. The lowest BCUT2D eigenvalue weighted by atomic mass is 9.96. The van der Waals surface area contributed by atoms with Crippen LogP contribution >= 0.6 is 15.9 Å². The standard InChI is InChI=1S/C10H17BrF3NO/c11-4-3-9-2-1-5-15(8-9)6-7-16-10(12,13)14/h9H,1-8H2. The maximum atomic E-state index is 11.8. The van der Waals surface area contributed by atoms with E-state index in [0.717, 1.165) is 31.3 Å². The Kier molecular flexibility index (Phi) is 6.07. The second-order valence-electron chi connectivity index (χ2n) is 4.08. The first-order valence-electron chi connectivity index (χ1n) is 5.50. The number of nitrogens with zero attached hydrogens (tertiary/aromatic N) is 1. The summed E-state index contributed by atoms with van der Waals surface area (Å²) in [4.78, 5) is 2.06. The van der Waals surface area contributed by atoms with Crippen LogP contribution < -0.4 is 0 Å². The van der Waals surface area contributed by atoms with Gasteiger partial charge in [-0.25, -0.2) is 0 Å². The molecule has 0 aromatic heterocycles. The number of piperidine rings is 1. The molecule has 1 fully saturated rings. The van der Waals surface area contributed by atoms with Crippen LogP contribution in [-0.4, -0.2) is 42.8 Å². The maximum Gasteiger partial charge on any atom is 0.522 e. The largest absolute Gasteiger partial charge is 0.522 e. The smallest absolute Gasteiger partial charge is 0.301 e. The summed E-state index contributed by atoms with van der Waals surface area (Å²) in [5.74, 6) is 0.610. The highest BCUT2D eigenvalue weighted by Gasteiger charge is 2.29. The van der Waals surface area contributed by atoms with E-state index in [4.69, 9.17) is 0 Å². The van der Waals surface area contributed by atoms with Gasteiger partial charge in [0.25, 0.3) is 0 Å². The lowest BCUT2D eigenvalue weighted by molar-refractivity contribution is -0.325. The molecule has 1 heterocycles. The Balaban J connectivity index is 2.16. The summed E-state index contributed by atoms with van der Waals surface area (Å²) in [7, 11) is 0. The molecule has 0 amide bonds. The topological polar surface area (TPSA) is 12.5 Å². The first kappa shape index (κ1) is 14.3. The fourth-order valence-corrected chi connectivity index (χ4v) is 2.68. The molecule has 0 spiro atoms. The number of likely N-dealkylation sites (tertiary alicyclic amines) is 1. The molecule has 0 radical (unpaired) electrons. The van der Waals surface area contributed by atoms with Crippen LogP contribution in [0.4, 0.5) is 13.2 Å². The van der Waals surface area contributed by atoms with Gasteiger partial charge in [0.1, 0.15) is 0 Å². The molecular weight excluding hydrogens is 287 g/mol. The van der Waals surface area contributed by atoms with Gasteiger partial charge in [-0.05, 0) is 31.7 Å². The van der Waals surface area contributed by atoms with Crippen molar-refractivity contribution >= 4 is 15.9 Å². The van der Waals surface area contributed by atoms with Crippen molar-refractivity contribution in [3.63, 3.8) is 0 Å². The molecule has 1 aliphatic heterocycles. The molecule has 0 bridgehead atoms. The minimum absolute atomic E-state index is 0.259. The van der Waals surface area contributed by atoms with Crippen molar-refractivity contribution < 1.29 is 17.9 Å². The molecule has 0 saturated carbocycles. The molecule has 1 unspecified atom stereocenters. The normalized spacial score (nSPS) is 23.6. The monoisotopic (exact) mass is 303 g/mol. The summed E-state index contributed by atoms with van der Waals surface area (Å²) in [5, 5.41) is 0.963. The third-order valence-electron chi connectivity index (χ3n) is 2.79. The van der Waals surface area contributed by atoms with Crippen molar-refractivity contribution in [3.05, 3.63) is 0 Å². The average molecular weight is 304 g/mol. The van der Waals surface area contributed by atoms with Crippen LogP contribution in [-0.2, 0) is 4.74 Å². The van der Waals surface area contributed by atoms with E-state index in [0.29, 0.717) is 12.5 Å². The van der Waals surface area contributed by atoms with Crippen molar-refractivity contribution in [1.82, 2.24) is 4.90 Å². The maximum absolute atomic E-state index is 11.8. The summed E-state index contributed by atoms with van der Waals surface area (Å²) in [6.45, 7) is 1.90. The van der Waals surface area contributed by atoms with Gasteiger partial charge in [0.05, 0.1) is 6.61 Å². The second kappa shape index (κ2) is 6.81. The van der Waals surface area contributed by atoms with Gasteiger partial charge in [-0.3, -0.25) is 4.74 Å². The number of ether oxygens (including phenoxy) is 1. The van der Waals surface area contributed by atoms with Crippen molar-refractivity contribution in [2.24, 2.45) is 5.92 Å². The molecule has 1 rings (SSSR count). The second-order valence-corrected chi connectivity index (χ2v) is 4.87. The number of hydrogen-bond acceptors (Lipinski definition) is 2. The minimum atomic E-state index is -4.49. The van der Waals surface area contributed by atoms with E-state index in [1.165, 1.54) is 6.42 Å². The Morgan fingerprint density at radius 2 is 2.12 bits per heavy atom. The molecule has 1 aliphatic rings. The Bertz CT molecular complexity index is 199. The van der Waals surface area contributed by atoms with Crippen LogP contribution in [0.25, 0.3) is 0 Å². The fourth-order valence-electron chi connectivity index (χ4n) is 2.03. The molecule has 0 aromatic rings. The zero-order valence-corrected chi connectivity index (χ0v) is 10.7. The van der Waals surface area contributed by atoms with E-state index >= 15 is 0 Å². The summed E-state index contributed by atoms with van der Waals surface area (Å²) in [6.07, 6.45) is -1.15. The number of alkyl halides is 4. The van der Waals surface area contributed by atoms with Crippen LogP contribution in [0.1, 0.15) is 19.3 Å². The van der Waals surface area contributed by atoms with Crippen molar-refractivity contribution in [1.29, 1.82) is 0 Å². The Hall–Kier alpha value is 0.190. The van der Waals surface area contributed by atoms with Gasteiger partial charge in [-0.2, -0.15) is 0 Å². The van der Waals surface area contributed by atoms with Gasteiger partial charge in [-0.1, -0.05) is 15.9 Å². The molecule has 1 atom stereocenters. The summed E-state index contributed by atoms with van der Waals surface area (Å²) >= 11 is 3.39. The van der Waals surface area contributed by atoms with Crippen LogP contribution in [0.15, 0.2) is 0 Å². The minimum Gasteiger partial charge on any atom is -0.301 e. The predicted molar refractivity (Wildman–Crippen MR) is 59.6 cm³/mol. The zero-order valence-electron chi connectivity index (χ0n) is 9.10. The van der Waals surface area contributed by atoms with Crippen LogP contribution in [0, 0.1) is 5.92 Å². The van der Waals surface area contributed by atoms with E-state index < -0.39 is 6.36 Å². The van der Waals surface area contributed by atoms with Gasteiger partial charge in [-0.15, -0.1) is 13.2 Å². The average Bonchev–Trinajstić information content (AvgIpc) is 2.17. The summed E-state index contributed by atoms with van der Waals surface area (Å²) < 4.78 is 39.1. The highest BCUT2D eigenvalue weighted by molar-refractivity contribution is 9.09. The van der Waals surface area contributed by atoms with Gasteiger partial charge < -0.3 is 4.90 Å². The SMILES string of the molecule is FC(F)(F)OCCN1CCCC(CCBr)C1. The van der Waals surface area contributed by atoms with Crippen LogP contribution in [0.5, 0.6) is 0 Å². The Morgan fingerprint density at radius 3 is 2.75 bits per heavy atom. The Morgan fingerprint density at radius 1 is 1.38 bits per heavy atom. The zero-order chi connectivity index (χ0) is 12.0. The van der Waals surface area contributed by atoms with Gasteiger partial charge in [0.2, 0.25) is 0 Å². The van der Waals surface area contributed by atoms with Gasteiger partial charge >= 0.3 is 6.36 Å². The molecule has 1 saturated heterocycles. The van der Waals surface area contributed by atoms with E-state index in [1.54, 1.807) is 0 Å². The number of rotatable bonds is 5. The van der Waals surface area contributed by atoms with Gasteiger partial charge in [0.15, 0.2) is 0 Å². The predicted octanol–water partition coefficient (Wildman–Crippen LogP) is 3.02. The molecule has 0 N–H and O–H groups in total. The van der Waals surface area contributed by atoms with E-state index in [2.05, 4.69) is 25.6 Å². The summed E-state index contributed by atoms with van der Waals surface area (Å²) in [6, 6.07) is 0. The molecule has 0 aromatic carbocycles. The molecule has 0 aliphatic carbocycles. The highest BCUT2D eigenvalue weighted by Crippen LogP contribution is 2.21. The lowest BCUT2D eigenvalue weighted by Gasteiger charge is -2.32. The number of halogens is 4. The van der Waals surface area contributed by atoms with E-state index in [9.17, 15) is 13.2 Å². The fraction of sp³-hybridized carbons (Fsp3) is 1.00. The third-order valence-corrected chi connectivity index (χ3v) is 3.25. The van der Waals surface area contributed by atoms with Crippen molar-refractivity contribution in [2.75, 3.05) is 31.6 Å². The summed E-state index contributed by atoms with van der Waals surface area (Å²) in [5.41, 5.74) is 0. The lowest BCUT2D eigenvalue weighted by Crippen LogP contribution is -2.38. The Labute approximate surface area is 102 Å². The number of hydrogen-bond donors (Lipinski definition) is 0.